The summed E-state index contributed by atoms with van der Waals surface area (Å²) in [4.78, 5) is 24.2. The maximum Gasteiger partial charge on any atom is 0.255 e. The van der Waals surface area contributed by atoms with Crippen LogP contribution in [0.25, 0.3) is 0 Å². The van der Waals surface area contributed by atoms with Gasteiger partial charge in [0.15, 0.2) is 0 Å². The number of rotatable bonds is 4. The van der Waals surface area contributed by atoms with Gasteiger partial charge in [0.25, 0.3) is 5.91 Å². The Bertz CT molecular complexity index is 744. The molecule has 1 aromatic carbocycles. The van der Waals surface area contributed by atoms with Gasteiger partial charge in [-0.2, -0.15) is 5.10 Å². The van der Waals surface area contributed by atoms with Crippen LogP contribution >= 0.6 is 11.6 Å². The highest BCUT2D eigenvalue weighted by Gasteiger charge is 2.23. The normalized spacial score (nSPS) is 17.9. The van der Waals surface area contributed by atoms with Crippen molar-refractivity contribution in [1.29, 1.82) is 0 Å². The van der Waals surface area contributed by atoms with Crippen LogP contribution in [0.3, 0.4) is 0 Å². The van der Waals surface area contributed by atoms with E-state index in [1.807, 2.05) is 24.3 Å². The molecule has 24 heavy (non-hydrogen) atoms. The zero-order chi connectivity index (χ0) is 16.9. The second-order valence-corrected chi connectivity index (χ2v) is 6.24. The van der Waals surface area contributed by atoms with Crippen LogP contribution in [-0.4, -0.2) is 34.2 Å². The topological polar surface area (TPSA) is 76.0 Å². The molecular weight excluding hydrogens is 328 g/mol. The van der Waals surface area contributed by atoms with Crippen molar-refractivity contribution in [3.05, 3.63) is 52.8 Å². The molecule has 0 radical (unpaired) electrons. The SMILES string of the molecule is O=C(NC1CCCCNC1=O)c1cnn(Cc2ccccc2Cl)c1. The predicted octanol–water partition coefficient (Wildman–Crippen LogP) is 1.98. The first-order chi connectivity index (χ1) is 11.6. The number of nitrogens with one attached hydrogen (secondary N) is 2. The first kappa shape index (κ1) is 16.5. The van der Waals surface area contributed by atoms with Crippen LogP contribution in [0.1, 0.15) is 35.2 Å². The van der Waals surface area contributed by atoms with E-state index in [-0.39, 0.29) is 11.8 Å². The molecule has 3 rings (SSSR count). The van der Waals surface area contributed by atoms with E-state index in [0.29, 0.717) is 30.1 Å². The molecule has 6 nitrogen and oxygen atoms in total. The van der Waals surface area contributed by atoms with E-state index in [0.717, 1.165) is 18.4 Å². The quantitative estimate of drug-likeness (QED) is 0.888. The molecule has 2 N–H and O–H groups in total. The molecular formula is C17H19ClN4O2. The molecule has 0 aliphatic carbocycles. The predicted molar refractivity (Wildman–Crippen MR) is 90.9 cm³/mol. The summed E-state index contributed by atoms with van der Waals surface area (Å²) in [5.41, 5.74) is 1.36. The third kappa shape index (κ3) is 3.94. The van der Waals surface area contributed by atoms with Crippen molar-refractivity contribution in [3.63, 3.8) is 0 Å². The number of carbonyl (C=O) groups excluding carboxylic acids is 2. The van der Waals surface area contributed by atoms with Gasteiger partial charge < -0.3 is 10.6 Å². The van der Waals surface area contributed by atoms with E-state index in [9.17, 15) is 9.59 Å². The number of benzene rings is 1. The van der Waals surface area contributed by atoms with E-state index in [4.69, 9.17) is 11.6 Å². The Balaban J connectivity index is 1.65. The third-order valence-electron chi connectivity index (χ3n) is 4.03. The smallest absolute Gasteiger partial charge is 0.255 e. The lowest BCUT2D eigenvalue weighted by Gasteiger charge is -2.14. The minimum Gasteiger partial charge on any atom is -0.354 e. The van der Waals surface area contributed by atoms with Crippen molar-refractivity contribution in [2.75, 3.05) is 6.54 Å². The second-order valence-electron chi connectivity index (χ2n) is 5.83. The van der Waals surface area contributed by atoms with Crippen LogP contribution in [0.2, 0.25) is 5.02 Å². The highest BCUT2D eigenvalue weighted by atomic mass is 35.5. The lowest BCUT2D eigenvalue weighted by Crippen LogP contribution is -2.45. The van der Waals surface area contributed by atoms with Gasteiger partial charge in [-0.25, -0.2) is 0 Å². The van der Waals surface area contributed by atoms with Crippen LogP contribution in [-0.2, 0) is 11.3 Å². The molecule has 1 fully saturated rings. The molecule has 2 aromatic rings. The molecule has 1 unspecified atom stereocenters. The first-order valence-electron chi connectivity index (χ1n) is 7.98. The highest BCUT2D eigenvalue weighted by molar-refractivity contribution is 6.31. The third-order valence-corrected chi connectivity index (χ3v) is 4.39. The standard InChI is InChI=1S/C17H19ClN4O2/c18-14-6-2-1-5-12(14)10-22-11-13(9-20-22)16(23)21-15-7-3-4-8-19-17(15)24/h1-2,5-6,9,11,15H,3-4,7-8,10H2,(H,19,24)(H,21,23). The fourth-order valence-corrected chi connectivity index (χ4v) is 2.88. The van der Waals surface area contributed by atoms with Gasteiger partial charge in [0.05, 0.1) is 18.3 Å². The van der Waals surface area contributed by atoms with Gasteiger partial charge in [-0.15, -0.1) is 0 Å². The van der Waals surface area contributed by atoms with E-state index < -0.39 is 6.04 Å². The molecule has 0 spiro atoms. The van der Waals surface area contributed by atoms with E-state index in [2.05, 4.69) is 15.7 Å². The Kier molecular flexibility index (Phi) is 5.15. The summed E-state index contributed by atoms with van der Waals surface area (Å²) < 4.78 is 1.66. The van der Waals surface area contributed by atoms with Gasteiger partial charge in [-0.3, -0.25) is 14.3 Å². The molecule has 0 saturated carbocycles. The molecule has 126 valence electrons. The molecule has 7 heteroatoms. The fraction of sp³-hybridized carbons (Fsp3) is 0.353. The minimum absolute atomic E-state index is 0.121. The number of hydrogen-bond acceptors (Lipinski definition) is 3. The summed E-state index contributed by atoms with van der Waals surface area (Å²) in [6, 6.07) is 7.03. The fourth-order valence-electron chi connectivity index (χ4n) is 2.69. The van der Waals surface area contributed by atoms with Gasteiger partial charge in [-0.1, -0.05) is 29.8 Å². The summed E-state index contributed by atoms with van der Waals surface area (Å²) in [7, 11) is 0. The maximum absolute atomic E-state index is 12.3. The van der Waals surface area contributed by atoms with Crippen molar-refractivity contribution in [1.82, 2.24) is 20.4 Å². The summed E-state index contributed by atoms with van der Waals surface area (Å²) >= 11 is 6.14. The van der Waals surface area contributed by atoms with Gasteiger partial charge >= 0.3 is 0 Å². The van der Waals surface area contributed by atoms with Crippen molar-refractivity contribution >= 4 is 23.4 Å². The lowest BCUT2D eigenvalue weighted by atomic mass is 10.1. The van der Waals surface area contributed by atoms with Crippen LogP contribution in [0.15, 0.2) is 36.7 Å². The van der Waals surface area contributed by atoms with Crippen molar-refractivity contribution in [2.24, 2.45) is 0 Å². The summed E-state index contributed by atoms with van der Waals surface area (Å²) in [5.74, 6) is -0.410. The Morgan fingerprint density at radius 2 is 2.21 bits per heavy atom. The van der Waals surface area contributed by atoms with Crippen LogP contribution in [0.5, 0.6) is 0 Å². The number of amides is 2. The van der Waals surface area contributed by atoms with Crippen molar-refractivity contribution < 1.29 is 9.59 Å². The highest BCUT2D eigenvalue weighted by Crippen LogP contribution is 2.16. The van der Waals surface area contributed by atoms with Gasteiger partial charge in [0.1, 0.15) is 6.04 Å². The molecule has 1 aliphatic heterocycles. The van der Waals surface area contributed by atoms with Gasteiger partial charge in [0.2, 0.25) is 5.91 Å². The van der Waals surface area contributed by atoms with Crippen molar-refractivity contribution in [3.8, 4) is 0 Å². The number of hydrogen-bond donors (Lipinski definition) is 2. The average Bonchev–Trinajstić information content (AvgIpc) is 2.95. The Morgan fingerprint density at radius 3 is 3.04 bits per heavy atom. The van der Waals surface area contributed by atoms with Crippen LogP contribution < -0.4 is 10.6 Å². The maximum atomic E-state index is 12.3. The Morgan fingerprint density at radius 1 is 1.38 bits per heavy atom. The van der Waals surface area contributed by atoms with E-state index in [1.54, 1.807) is 10.9 Å². The number of carbonyl (C=O) groups is 2. The van der Waals surface area contributed by atoms with Gasteiger partial charge in [0, 0.05) is 17.8 Å². The number of aromatic nitrogens is 2. The second kappa shape index (κ2) is 7.49. The number of nitrogens with zero attached hydrogens (tertiary/aromatic N) is 2. The van der Waals surface area contributed by atoms with Crippen LogP contribution in [0, 0.1) is 0 Å². The van der Waals surface area contributed by atoms with Gasteiger partial charge in [-0.05, 0) is 30.9 Å². The Hall–Kier alpha value is -2.34. The monoisotopic (exact) mass is 346 g/mol. The molecule has 1 aromatic heterocycles. The minimum atomic E-state index is -0.480. The summed E-state index contributed by atoms with van der Waals surface area (Å²) in [6.45, 7) is 1.15. The first-order valence-corrected chi connectivity index (χ1v) is 8.36. The molecule has 1 saturated heterocycles. The van der Waals surface area contributed by atoms with Crippen molar-refractivity contribution in [2.45, 2.75) is 31.8 Å². The van der Waals surface area contributed by atoms with Crippen LogP contribution in [0.4, 0.5) is 0 Å². The van der Waals surface area contributed by atoms with E-state index in [1.165, 1.54) is 6.20 Å². The molecule has 2 heterocycles. The number of halogens is 1. The molecule has 1 aliphatic rings. The zero-order valence-electron chi connectivity index (χ0n) is 13.2. The molecule has 2 amide bonds. The van der Waals surface area contributed by atoms with E-state index >= 15 is 0 Å². The zero-order valence-corrected chi connectivity index (χ0v) is 13.9. The lowest BCUT2D eigenvalue weighted by molar-refractivity contribution is -0.122. The average molecular weight is 347 g/mol. The molecule has 0 bridgehead atoms. The Labute approximate surface area is 145 Å². The summed E-state index contributed by atoms with van der Waals surface area (Å²) in [6.07, 6.45) is 5.67. The summed E-state index contributed by atoms with van der Waals surface area (Å²) in [5, 5.41) is 10.5. The largest absolute Gasteiger partial charge is 0.354 e. The molecule has 1 atom stereocenters.